The van der Waals surface area contributed by atoms with E-state index in [1.807, 2.05) is 0 Å². The summed E-state index contributed by atoms with van der Waals surface area (Å²) in [6.45, 7) is 6.74. The minimum absolute atomic E-state index is 0. The van der Waals surface area contributed by atoms with Crippen molar-refractivity contribution in [1.29, 1.82) is 0 Å². The van der Waals surface area contributed by atoms with Crippen molar-refractivity contribution < 1.29 is 0 Å². The fourth-order valence-corrected chi connectivity index (χ4v) is 4.64. The fraction of sp³-hybridized carbons (Fsp3) is 0.292. The van der Waals surface area contributed by atoms with Gasteiger partial charge in [-0.15, -0.1) is 24.8 Å². The number of halogens is 2. The molecule has 0 saturated heterocycles. The number of aromatic amines is 1. The molecule has 174 valence electrons. The summed E-state index contributed by atoms with van der Waals surface area (Å²) in [5.41, 5.74) is 5.65. The molecule has 0 atom stereocenters. The number of rotatable bonds is 6. The molecule has 33 heavy (non-hydrogen) atoms. The van der Waals surface area contributed by atoms with E-state index in [4.69, 9.17) is 12.2 Å². The van der Waals surface area contributed by atoms with Crippen LogP contribution < -0.4 is 5.32 Å². The Bertz CT molecular complexity index is 1330. The van der Waals surface area contributed by atoms with E-state index in [9.17, 15) is 0 Å². The number of hydrogen-bond acceptors (Lipinski definition) is 5. The van der Waals surface area contributed by atoms with Gasteiger partial charge in [0, 0.05) is 38.1 Å². The monoisotopic (exact) mass is 502 g/mol. The maximum atomic E-state index is 5.47. The van der Waals surface area contributed by atoms with Crippen LogP contribution in [-0.4, -0.2) is 37.5 Å². The van der Waals surface area contributed by atoms with Gasteiger partial charge in [0.2, 0.25) is 0 Å². The standard InChI is InChI=1S/C24H26N6S.2ClH/c1-2-30-22-13-20-19(12-21(22)28-24(30)31)23(27-16-26-20)25-14-17-8-4-5-9-18(17)15-29-10-6-3-7-11-29;;/h3-6,8-9,12-13,16H,2,7,10-11,14-15H2,1H3,(H,28,31)(H,25,26,27);2*1H. The molecule has 0 saturated carbocycles. The lowest BCUT2D eigenvalue weighted by Crippen LogP contribution is -2.27. The zero-order valence-electron chi connectivity index (χ0n) is 18.5. The molecular weight excluding hydrogens is 475 g/mol. The second-order valence-corrected chi connectivity index (χ2v) is 8.29. The molecule has 6 nitrogen and oxygen atoms in total. The highest BCUT2D eigenvalue weighted by atomic mass is 35.5. The van der Waals surface area contributed by atoms with E-state index in [-0.39, 0.29) is 24.8 Å². The number of aromatic nitrogens is 4. The van der Waals surface area contributed by atoms with E-state index in [0.717, 1.165) is 71.7 Å². The molecular formula is C24H28Cl2N6S. The van der Waals surface area contributed by atoms with Crippen molar-refractivity contribution in [1.82, 2.24) is 24.4 Å². The summed E-state index contributed by atoms with van der Waals surface area (Å²) in [7, 11) is 0. The van der Waals surface area contributed by atoms with Crippen molar-refractivity contribution in [3.63, 3.8) is 0 Å². The van der Waals surface area contributed by atoms with Crippen LogP contribution >= 0.6 is 37.0 Å². The Morgan fingerprint density at radius 1 is 1.09 bits per heavy atom. The molecule has 4 aromatic rings. The Balaban J connectivity index is 0.00000153. The molecule has 0 fully saturated rings. The van der Waals surface area contributed by atoms with Crippen molar-refractivity contribution in [3.05, 3.63) is 70.8 Å². The topological polar surface area (TPSA) is 61.8 Å². The summed E-state index contributed by atoms with van der Waals surface area (Å²) < 4.78 is 2.82. The van der Waals surface area contributed by atoms with Gasteiger partial charge in [0.05, 0.1) is 16.6 Å². The first kappa shape index (κ1) is 25.2. The quantitative estimate of drug-likeness (QED) is 0.254. The van der Waals surface area contributed by atoms with Crippen LogP contribution in [0.25, 0.3) is 21.9 Å². The normalized spacial score (nSPS) is 13.6. The van der Waals surface area contributed by atoms with Crippen LogP contribution in [0.15, 0.2) is 54.9 Å². The van der Waals surface area contributed by atoms with Gasteiger partial charge in [-0.25, -0.2) is 9.97 Å². The fourth-order valence-electron chi connectivity index (χ4n) is 4.30. The average molecular weight is 504 g/mol. The van der Waals surface area contributed by atoms with Crippen molar-refractivity contribution in [2.45, 2.75) is 33.0 Å². The Kier molecular flexibility index (Phi) is 8.48. The molecule has 3 heterocycles. The van der Waals surface area contributed by atoms with Crippen molar-refractivity contribution >= 4 is 64.8 Å². The largest absolute Gasteiger partial charge is 0.365 e. The van der Waals surface area contributed by atoms with E-state index in [2.05, 4.69) is 85.2 Å². The molecule has 0 radical (unpaired) electrons. The van der Waals surface area contributed by atoms with Gasteiger partial charge in [-0.1, -0.05) is 36.4 Å². The third kappa shape index (κ3) is 5.22. The number of imidazole rings is 1. The van der Waals surface area contributed by atoms with Gasteiger partial charge in [-0.3, -0.25) is 4.90 Å². The van der Waals surface area contributed by atoms with E-state index >= 15 is 0 Å². The highest BCUT2D eigenvalue weighted by molar-refractivity contribution is 7.71. The van der Waals surface area contributed by atoms with Gasteiger partial charge in [-0.05, 0) is 48.8 Å². The van der Waals surface area contributed by atoms with Crippen LogP contribution in [-0.2, 0) is 19.6 Å². The van der Waals surface area contributed by atoms with Crippen LogP contribution in [0.2, 0.25) is 0 Å². The van der Waals surface area contributed by atoms with Gasteiger partial charge in [0.25, 0.3) is 0 Å². The minimum atomic E-state index is 0. The molecule has 0 aliphatic carbocycles. The SMILES string of the molecule is CCn1c(=S)[nH]c2cc3c(NCc4ccccc4CN4CC=CCC4)ncnc3cc21.Cl.Cl. The maximum Gasteiger partial charge on any atom is 0.178 e. The van der Waals surface area contributed by atoms with Crippen LogP contribution in [0.4, 0.5) is 5.82 Å². The molecule has 1 aliphatic rings. The van der Waals surface area contributed by atoms with Crippen molar-refractivity contribution in [2.75, 3.05) is 18.4 Å². The second-order valence-electron chi connectivity index (χ2n) is 7.90. The second kappa shape index (κ2) is 11.1. The molecule has 2 aromatic carbocycles. The summed E-state index contributed by atoms with van der Waals surface area (Å²) in [6.07, 6.45) is 7.28. The lowest BCUT2D eigenvalue weighted by atomic mass is 10.1. The first-order chi connectivity index (χ1) is 15.2. The molecule has 9 heteroatoms. The highest BCUT2D eigenvalue weighted by Crippen LogP contribution is 2.26. The van der Waals surface area contributed by atoms with E-state index in [0.29, 0.717) is 0 Å². The summed E-state index contributed by atoms with van der Waals surface area (Å²) in [4.78, 5) is 14.8. The Hall–Kier alpha value is -2.45. The summed E-state index contributed by atoms with van der Waals surface area (Å²) >= 11 is 5.47. The molecule has 0 spiro atoms. The first-order valence-corrected chi connectivity index (χ1v) is 11.2. The van der Waals surface area contributed by atoms with E-state index in [1.165, 1.54) is 11.1 Å². The third-order valence-corrected chi connectivity index (χ3v) is 6.27. The smallest absolute Gasteiger partial charge is 0.178 e. The molecule has 5 rings (SSSR count). The molecule has 0 amide bonds. The number of nitrogens with zero attached hydrogens (tertiary/aromatic N) is 4. The average Bonchev–Trinajstić information content (AvgIpc) is 3.11. The van der Waals surface area contributed by atoms with Crippen LogP contribution in [0.1, 0.15) is 24.5 Å². The number of benzene rings is 2. The van der Waals surface area contributed by atoms with Gasteiger partial charge >= 0.3 is 0 Å². The predicted octanol–water partition coefficient (Wildman–Crippen LogP) is 5.88. The Morgan fingerprint density at radius 2 is 1.91 bits per heavy atom. The van der Waals surface area contributed by atoms with Crippen LogP contribution in [0.5, 0.6) is 0 Å². The first-order valence-electron chi connectivity index (χ1n) is 10.8. The number of aryl methyl sites for hydroxylation is 1. The lowest BCUT2D eigenvalue weighted by molar-refractivity contribution is 0.290. The van der Waals surface area contributed by atoms with Crippen LogP contribution in [0.3, 0.4) is 0 Å². The molecule has 0 unspecified atom stereocenters. The summed E-state index contributed by atoms with van der Waals surface area (Å²) in [6, 6.07) is 12.8. The Morgan fingerprint density at radius 3 is 2.67 bits per heavy atom. The van der Waals surface area contributed by atoms with E-state index in [1.54, 1.807) is 6.33 Å². The summed E-state index contributed by atoms with van der Waals surface area (Å²) in [5.74, 6) is 0.839. The maximum absolute atomic E-state index is 5.47. The molecule has 1 aliphatic heterocycles. The van der Waals surface area contributed by atoms with Crippen molar-refractivity contribution in [2.24, 2.45) is 0 Å². The number of nitrogens with one attached hydrogen (secondary N) is 2. The van der Waals surface area contributed by atoms with Crippen LogP contribution in [0, 0.1) is 4.77 Å². The minimum Gasteiger partial charge on any atom is -0.365 e. The highest BCUT2D eigenvalue weighted by Gasteiger charge is 2.12. The lowest BCUT2D eigenvalue weighted by Gasteiger charge is -2.24. The van der Waals surface area contributed by atoms with Gasteiger partial charge < -0.3 is 14.9 Å². The Labute approximate surface area is 210 Å². The zero-order valence-corrected chi connectivity index (χ0v) is 20.9. The number of anilines is 1. The molecule has 2 aromatic heterocycles. The number of fused-ring (bicyclic) bond motifs is 2. The van der Waals surface area contributed by atoms with Gasteiger partial charge in [-0.2, -0.15) is 0 Å². The molecule has 2 N–H and O–H groups in total. The number of hydrogen-bond donors (Lipinski definition) is 2. The third-order valence-electron chi connectivity index (χ3n) is 5.95. The predicted molar refractivity (Wildman–Crippen MR) is 143 cm³/mol. The van der Waals surface area contributed by atoms with Gasteiger partial charge in [0.1, 0.15) is 12.1 Å². The summed E-state index contributed by atoms with van der Waals surface area (Å²) in [5, 5.41) is 4.55. The van der Waals surface area contributed by atoms with Crippen molar-refractivity contribution in [3.8, 4) is 0 Å². The molecule has 0 bridgehead atoms. The van der Waals surface area contributed by atoms with Gasteiger partial charge in [0.15, 0.2) is 4.77 Å². The van der Waals surface area contributed by atoms with E-state index < -0.39 is 0 Å². The zero-order chi connectivity index (χ0) is 21.2. The number of H-pyrrole nitrogens is 1.